The minimum absolute atomic E-state index is 0.0250. The van der Waals surface area contributed by atoms with E-state index in [1.54, 1.807) is 13.1 Å². The zero-order chi connectivity index (χ0) is 16.3. The van der Waals surface area contributed by atoms with E-state index in [1.165, 1.54) is 24.1 Å². The summed E-state index contributed by atoms with van der Waals surface area (Å²) in [5, 5.41) is 0.299. The Morgan fingerprint density at radius 3 is 2.82 bits per heavy atom. The first-order chi connectivity index (χ1) is 10.3. The number of halogens is 1. The molecule has 2 rings (SSSR count). The predicted molar refractivity (Wildman–Crippen MR) is 80.7 cm³/mol. The van der Waals surface area contributed by atoms with Crippen molar-refractivity contribution >= 4 is 27.7 Å². The Labute approximate surface area is 134 Å². The maximum absolute atomic E-state index is 12.3. The number of sulfonamides is 1. The van der Waals surface area contributed by atoms with Gasteiger partial charge in [0.15, 0.2) is 0 Å². The molecule has 22 heavy (non-hydrogen) atoms. The maximum Gasteiger partial charge on any atom is 0.409 e. The quantitative estimate of drug-likeness (QED) is 0.841. The zero-order valence-electron chi connectivity index (χ0n) is 12.2. The summed E-state index contributed by atoms with van der Waals surface area (Å²) in [6.07, 6.45) is -0.330. The molecule has 0 spiro atoms. The molecule has 1 heterocycles. The molecule has 1 aromatic carbocycles. The first-order valence-corrected chi connectivity index (χ1v) is 8.44. The van der Waals surface area contributed by atoms with Crippen LogP contribution >= 0.6 is 11.6 Å². The number of carbonyl (C=O) groups is 1. The number of carbonyl (C=O) groups excluding carboxylic acids is 1. The average molecular weight is 349 g/mol. The van der Waals surface area contributed by atoms with Crippen LogP contribution in [0.5, 0.6) is 5.75 Å². The lowest BCUT2D eigenvalue weighted by molar-refractivity contribution is 0.131. The molecule has 1 N–H and O–H groups in total. The first-order valence-electron chi connectivity index (χ1n) is 6.58. The van der Waals surface area contributed by atoms with Crippen LogP contribution in [0.2, 0.25) is 5.02 Å². The van der Waals surface area contributed by atoms with Crippen LogP contribution in [-0.2, 0) is 14.8 Å². The Kier molecular flexibility index (Phi) is 5.15. The molecular weight excluding hydrogens is 332 g/mol. The molecular formula is C13H17ClN2O5S. The number of methoxy groups -OCH3 is 1. The van der Waals surface area contributed by atoms with Gasteiger partial charge in [-0.2, -0.15) is 0 Å². The predicted octanol–water partition coefficient (Wildman–Crippen LogP) is 1.47. The van der Waals surface area contributed by atoms with Gasteiger partial charge in [-0.25, -0.2) is 17.9 Å². The Hall–Kier alpha value is -1.51. The lowest BCUT2D eigenvalue weighted by Gasteiger charge is -2.12. The van der Waals surface area contributed by atoms with Crippen LogP contribution in [0.1, 0.15) is 6.42 Å². The topological polar surface area (TPSA) is 84.9 Å². The summed E-state index contributed by atoms with van der Waals surface area (Å²) in [5.74, 6) is 0.212. The van der Waals surface area contributed by atoms with Crippen molar-refractivity contribution in [1.29, 1.82) is 0 Å². The molecule has 1 aliphatic rings. The van der Waals surface area contributed by atoms with Crippen LogP contribution < -0.4 is 9.46 Å². The Bertz CT molecular complexity index is 664. The summed E-state index contributed by atoms with van der Waals surface area (Å²) < 4.78 is 37.2. The number of amides is 1. The minimum Gasteiger partial charge on any atom is -0.495 e. The van der Waals surface area contributed by atoms with Crippen LogP contribution in [0.3, 0.4) is 0 Å². The van der Waals surface area contributed by atoms with Gasteiger partial charge in [-0.3, -0.25) is 0 Å². The first kappa shape index (κ1) is 16.9. The number of hydrogen-bond donors (Lipinski definition) is 1. The number of ether oxygens (including phenoxy) is 2. The second-order valence-electron chi connectivity index (χ2n) is 4.87. The molecule has 0 bridgehead atoms. The Morgan fingerprint density at radius 2 is 2.23 bits per heavy atom. The van der Waals surface area contributed by atoms with Crippen LogP contribution in [0.25, 0.3) is 0 Å². The van der Waals surface area contributed by atoms with Gasteiger partial charge in [0.25, 0.3) is 0 Å². The molecule has 9 heteroatoms. The number of cyclic esters (lactones) is 1. The highest BCUT2D eigenvalue weighted by Gasteiger charge is 2.28. The van der Waals surface area contributed by atoms with E-state index < -0.39 is 16.1 Å². The van der Waals surface area contributed by atoms with Gasteiger partial charge in [0.2, 0.25) is 10.0 Å². The standard InChI is InChI=1S/C13H17ClN2O5S/c1-16-8-10(21-13(16)17)5-6-15-22(18,19)12-7-9(14)3-4-11(12)20-2/h3-4,7,10,15H,5-6,8H2,1-2H3. The number of likely N-dealkylation sites (N-methyl/N-ethyl adjacent to an activating group) is 1. The molecule has 1 fully saturated rings. The average Bonchev–Trinajstić information content (AvgIpc) is 2.77. The lowest BCUT2D eigenvalue weighted by atomic mass is 10.2. The smallest absolute Gasteiger partial charge is 0.409 e. The van der Waals surface area contributed by atoms with Crippen molar-refractivity contribution in [3.63, 3.8) is 0 Å². The number of hydrogen-bond acceptors (Lipinski definition) is 5. The summed E-state index contributed by atoms with van der Waals surface area (Å²) >= 11 is 5.84. The van der Waals surface area contributed by atoms with E-state index in [9.17, 15) is 13.2 Å². The van der Waals surface area contributed by atoms with Crippen LogP contribution in [0, 0.1) is 0 Å². The maximum atomic E-state index is 12.3. The molecule has 1 saturated heterocycles. The van der Waals surface area contributed by atoms with Gasteiger partial charge in [-0.15, -0.1) is 0 Å². The number of nitrogens with one attached hydrogen (secondary N) is 1. The van der Waals surface area contributed by atoms with E-state index in [0.29, 0.717) is 18.0 Å². The fourth-order valence-corrected chi connectivity index (χ4v) is 3.57. The molecule has 1 atom stereocenters. The SMILES string of the molecule is COc1ccc(Cl)cc1S(=O)(=O)NCCC1CN(C)C(=O)O1. The highest BCUT2D eigenvalue weighted by atomic mass is 35.5. The fourth-order valence-electron chi connectivity index (χ4n) is 2.09. The molecule has 0 saturated carbocycles. The highest BCUT2D eigenvalue weighted by molar-refractivity contribution is 7.89. The number of benzene rings is 1. The highest BCUT2D eigenvalue weighted by Crippen LogP contribution is 2.26. The fraction of sp³-hybridized carbons (Fsp3) is 0.462. The van der Waals surface area contributed by atoms with Crippen molar-refractivity contribution in [3.05, 3.63) is 23.2 Å². The molecule has 0 aliphatic carbocycles. The Balaban J connectivity index is 2.00. The summed E-state index contributed by atoms with van der Waals surface area (Å²) in [6.45, 7) is 0.588. The van der Waals surface area contributed by atoms with Crippen molar-refractivity contribution in [3.8, 4) is 5.75 Å². The van der Waals surface area contributed by atoms with Crippen molar-refractivity contribution in [2.45, 2.75) is 17.4 Å². The van der Waals surface area contributed by atoms with Gasteiger partial charge >= 0.3 is 6.09 Å². The third kappa shape index (κ3) is 3.82. The van der Waals surface area contributed by atoms with Gasteiger partial charge in [0, 0.05) is 18.6 Å². The molecule has 1 aromatic rings. The van der Waals surface area contributed by atoms with Crippen molar-refractivity contribution < 1.29 is 22.7 Å². The van der Waals surface area contributed by atoms with Crippen LogP contribution in [-0.4, -0.2) is 52.8 Å². The second-order valence-corrected chi connectivity index (χ2v) is 7.04. The number of nitrogens with zero attached hydrogens (tertiary/aromatic N) is 1. The molecule has 1 unspecified atom stereocenters. The number of rotatable bonds is 6. The molecule has 1 aliphatic heterocycles. The molecule has 1 amide bonds. The third-order valence-electron chi connectivity index (χ3n) is 3.23. The van der Waals surface area contributed by atoms with Crippen molar-refractivity contribution in [2.75, 3.05) is 27.2 Å². The summed E-state index contributed by atoms with van der Waals surface area (Å²) in [5.41, 5.74) is 0. The molecule has 7 nitrogen and oxygen atoms in total. The van der Waals surface area contributed by atoms with E-state index >= 15 is 0 Å². The lowest BCUT2D eigenvalue weighted by Crippen LogP contribution is -2.28. The van der Waals surface area contributed by atoms with E-state index in [2.05, 4.69) is 4.72 Å². The second kappa shape index (κ2) is 6.72. The molecule has 0 aromatic heterocycles. The summed E-state index contributed by atoms with van der Waals surface area (Å²) in [7, 11) is -0.745. The molecule has 0 radical (unpaired) electrons. The van der Waals surface area contributed by atoms with Gasteiger partial charge in [0.05, 0.1) is 13.7 Å². The van der Waals surface area contributed by atoms with Crippen molar-refractivity contribution in [1.82, 2.24) is 9.62 Å². The zero-order valence-corrected chi connectivity index (χ0v) is 13.8. The largest absolute Gasteiger partial charge is 0.495 e. The van der Waals surface area contributed by atoms with Crippen molar-refractivity contribution in [2.24, 2.45) is 0 Å². The van der Waals surface area contributed by atoms with Gasteiger partial charge in [0.1, 0.15) is 16.7 Å². The van der Waals surface area contributed by atoms with E-state index in [1.807, 2.05) is 0 Å². The van der Waals surface area contributed by atoms with E-state index in [-0.39, 0.29) is 23.3 Å². The monoisotopic (exact) mass is 348 g/mol. The van der Waals surface area contributed by atoms with Gasteiger partial charge < -0.3 is 14.4 Å². The summed E-state index contributed by atoms with van der Waals surface area (Å²) in [6, 6.07) is 4.37. The van der Waals surface area contributed by atoms with E-state index in [4.69, 9.17) is 21.1 Å². The van der Waals surface area contributed by atoms with Crippen LogP contribution in [0.15, 0.2) is 23.1 Å². The third-order valence-corrected chi connectivity index (χ3v) is 4.95. The van der Waals surface area contributed by atoms with Gasteiger partial charge in [-0.05, 0) is 24.6 Å². The van der Waals surface area contributed by atoms with E-state index in [0.717, 1.165) is 0 Å². The Morgan fingerprint density at radius 1 is 1.50 bits per heavy atom. The minimum atomic E-state index is -3.76. The molecule has 122 valence electrons. The summed E-state index contributed by atoms with van der Waals surface area (Å²) in [4.78, 5) is 12.6. The normalized spacial score (nSPS) is 18.4. The van der Waals surface area contributed by atoms with Crippen LogP contribution in [0.4, 0.5) is 4.79 Å². The van der Waals surface area contributed by atoms with Gasteiger partial charge in [-0.1, -0.05) is 11.6 Å².